The van der Waals surface area contributed by atoms with Crippen LogP contribution in [0.15, 0.2) is 85.7 Å². The maximum absolute atomic E-state index is 14.5. The van der Waals surface area contributed by atoms with Crippen LogP contribution in [0.1, 0.15) is 47.4 Å². The van der Waals surface area contributed by atoms with Gasteiger partial charge in [0.25, 0.3) is 0 Å². The first-order valence-electron chi connectivity index (χ1n) is 16.4. The Morgan fingerprint density at radius 2 is 1.28 bits per heavy atom. The van der Waals surface area contributed by atoms with Gasteiger partial charge in [-0.1, -0.05) is 18.2 Å². The van der Waals surface area contributed by atoms with Gasteiger partial charge in [0.15, 0.2) is 11.6 Å². The summed E-state index contributed by atoms with van der Waals surface area (Å²) in [5.41, 5.74) is 2.44. The molecule has 17 heteroatoms. The Morgan fingerprint density at radius 3 is 1.83 bits per heavy atom. The summed E-state index contributed by atoms with van der Waals surface area (Å²) in [5.74, 6) is -0.450. The third-order valence-electron chi connectivity index (χ3n) is 6.86. The normalized spacial score (nSPS) is 11.3. The number of anilines is 4. The van der Waals surface area contributed by atoms with Gasteiger partial charge in [0, 0.05) is 35.4 Å². The van der Waals surface area contributed by atoms with Crippen molar-refractivity contribution in [2.75, 3.05) is 10.6 Å². The minimum atomic E-state index is -0.687. The molecule has 0 unspecified atom stereocenters. The summed E-state index contributed by atoms with van der Waals surface area (Å²) >= 11 is 5.77. The molecule has 4 aromatic heterocycles. The van der Waals surface area contributed by atoms with Crippen molar-refractivity contribution in [2.24, 2.45) is 0 Å². The molecule has 4 heterocycles. The lowest BCUT2D eigenvalue weighted by atomic mass is 10.1. The second-order valence-electron chi connectivity index (χ2n) is 13.7. The van der Waals surface area contributed by atoms with Crippen molar-refractivity contribution in [3.8, 4) is 22.3 Å². The number of nitrogens with one attached hydrogen (secondary N) is 2. The SMILES string of the molecule is CC(C)(C)OC(=O)n1cc(-c2ccc(Nc3ccnc(Cl)n3)cc2)cn1.Cc1ncc(F)c(Nc2ccc(-c3cnn(C(=O)OC(C)(C)C)c3)cc2F)n1. The molecular formula is C37H37ClF2N10O4. The number of carbonyl (C=O) groups is 2. The van der Waals surface area contributed by atoms with Gasteiger partial charge in [0.05, 0.1) is 24.3 Å². The highest BCUT2D eigenvalue weighted by atomic mass is 35.5. The van der Waals surface area contributed by atoms with E-state index in [0.717, 1.165) is 27.7 Å². The van der Waals surface area contributed by atoms with Gasteiger partial charge in [-0.05, 0) is 102 Å². The van der Waals surface area contributed by atoms with Crippen LogP contribution in [0, 0.1) is 18.6 Å². The minimum Gasteiger partial charge on any atom is -0.442 e. The summed E-state index contributed by atoms with van der Waals surface area (Å²) in [6.07, 6.45) is 7.59. The molecule has 0 radical (unpaired) electrons. The van der Waals surface area contributed by atoms with E-state index in [2.05, 4.69) is 40.8 Å². The predicted molar refractivity (Wildman–Crippen MR) is 199 cm³/mol. The van der Waals surface area contributed by atoms with Gasteiger partial charge in [0.2, 0.25) is 5.28 Å². The third kappa shape index (κ3) is 10.9. The largest absolute Gasteiger partial charge is 0.442 e. The summed E-state index contributed by atoms with van der Waals surface area (Å²) in [4.78, 5) is 39.6. The zero-order valence-electron chi connectivity index (χ0n) is 30.4. The highest BCUT2D eigenvalue weighted by Gasteiger charge is 2.20. The number of carbonyl (C=O) groups excluding carboxylic acids is 2. The summed E-state index contributed by atoms with van der Waals surface area (Å²) < 4.78 is 41.0. The Kier molecular flexibility index (Phi) is 11.7. The van der Waals surface area contributed by atoms with Gasteiger partial charge in [-0.25, -0.2) is 38.3 Å². The number of hydrogen-bond acceptors (Lipinski definition) is 12. The first-order valence-corrected chi connectivity index (χ1v) is 16.8. The number of rotatable bonds is 6. The molecule has 0 fully saturated rings. The zero-order valence-corrected chi connectivity index (χ0v) is 31.2. The number of aryl methyl sites for hydroxylation is 1. The fraction of sp³-hybridized carbons (Fsp3) is 0.243. The Labute approximate surface area is 314 Å². The average molecular weight is 759 g/mol. The monoisotopic (exact) mass is 758 g/mol. The van der Waals surface area contributed by atoms with Crippen molar-refractivity contribution in [3.05, 3.63) is 108 Å². The van der Waals surface area contributed by atoms with Crippen LogP contribution in [0.2, 0.25) is 5.28 Å². The summed E-state index contributed by atoms with van der Waals surface area (Å²) in [5, 5.41) is 14.0. The summed E-state index contributed by atoms with van der Waals surface area (Å²) in [6, 6.07) is 13.7. The molecule has 2 aromatic carbocycles. The number of hydrogen-bond donors (Lipinski definition) is 2. The number of aromatic nitrogens is 8. The lowest BCUT2D eigenvalue weighted by Gasteiger charge is -2.18. The van der Waals surface area contributed by atoms with E-state index in [-0.39, 0.29) is 16.8 Å². The van der Waals surface area contributed by atoms with E-state index in [1.54, 1.807) is 58.4 Å². The topological polar surface area (TPSA) is 164 Å². The smallest absolute Gasteiger partial charge is 0.435 e. The van der Waals surface area contributed by atoms with Crippen LogP contribution in [-0.4, -0.2) is 62.9 Å². The molecule has 6 aromatic rings. The number of nitrogens with zero attached hydrogens (tertiary/aromatic N) is 8. The molecule has 0 aliphatic heterocycles. The summed E-state index contributed by atoms with van der Waals surface area (Å²) in [6.45, 7) is 12.3. The molecule has 0 saturated heterocycles. The Hall–Kier alpha value is -6.29. The van der Waals surface area contributed by atoms with Crippen LogP contribution >= 0.6 is 11.6 Å². The fourth-order valence-corrected chi connectivity index (χ4v) is 4.67. The maximum Gasteiger partial charge on any atom is 0.435 e. The van der Waals surface area contributed by atoms with Crippen LogP contribution in [0.5, 0.6) is 0 Å². The molecule has 0 saturated carbocycles. The molecular weight excluding hydrogens is 722 g/mol. The quantitative estimate of drug-likeness (QED) is 0.155. The highest BCUT2D eigenvalue weighted by molar-refractivity contribution is 6.28. The lowest BCUT2D eigenvalue weighted by molar-refractivity contribution is 0.0503. The first-order chi connectivity index (χ1) is 25.4. The van der Waals surface area contributed by atoms with E-state index in [1.165, 1.54) is 29.2 Å². The van der Waals surface area contributed by atoms with Crippen molar-refractivity contribution >= 4 is 46.8 Å². The second-order valence-corrected chi connectivity index (χ2v) is 14.0. The molecule has 0 aliphatic rings. The van der Waals surface area contributed by atoms with Gasteiger partial charge < -0.3 is 20.1 Å². The van der Waals surface area contributed by atoms with Crippen molar-refractivity contribution in [2.45, 2.75) is 59.7 Å². The van der Waals surface area contributed by atoms with Crippen LogP contribution in [-0.2, 0) is 9.47 Å². The zero-order chi connectivity index (χ0) is 39.2. The number of benzene rings is 2. The third-order valence-corrected chi connectivity index (χ3v) is 7.05. The first kappa shape index (κ1) is 38.9. The molecule has 280 valence electrons. The molecule has 0 bridgehead atoms. The second kappa shape index (κ2) is 16.2. The van der Waals surface area contributed by atoms with Crippen LogP contribution in [0.3, 0.4) is 0 Å². The molecule has 54 heavy (non-hydrogen) atoms. The predicted octanol–water partition coefficient (Wildman–Crippen LogP) is 8.97. The van der Waals surface area contributed by atoms with Gasteiger partial charge >= 0.3 is 12.2 Å². The Morgan fingerprint density at radius 1 is 0.704 bits per heavy atom. The lowest BCUT2D eigenvalue weighted by Crippen LogP contribution is -2.27. The van der Waals surface area contributed by atoms with Crippen molar-refractivity contribution in [3.63, 3.8) is 0 Å². The molecule has 0 aliphatic carbocycles. The molecule has 14 nitrogen and oxygen atoms in total. The number of ether oxygens (including phenoxy) is 2. The van der Waals surface area contributed by atoms with E-state index in [1.807, 2.05) is 45.0 Å². The van der Waals surface area contributed by atoms with Crippen LogP contribution in [0.4, 0.5) is 41.4 Å². The van der Waals surface area contributed by atoms with E-state index < -0.39 is 35.0 Å². The van der Waals surface area contributed by atoms with Gasteiger partial charge in [-0.3, -0.25) is 0 Å². The van der Waals surface area contributed by atoms with E-state index in [9.17, 15) is 18.4 Å². The Bertz CT molecular complexity index is 2260. The van der Waals surface area contributed by atoms with E-state index >= 15 is 0 Å². The van der Waals surface area contributed by atoms with Gasteiger partial charge in [-0.2, -0.15) is 19.6 Å². The fourth-order valence-electron chi connectivity index (χ4n) is 4.53. The highest BCUT2D eigenvalue weighted by Crippen LogP contribution is 2.27. The van der Waals surface area contributed by atoms with Crippen LogP contribution in [0.25, 0.3) is 22.3 Å². The average Bonchev–Trinajstić information content (AvgIpc) is 3.78. The van der Waals surface area contributed by atoms with Crippen molar-refractivity contribution < 1.29 is 27.8 Å². The van der Waals surface area contributed by atoms with E-state index in [4.69, 9.17) is 21.1 Å². The molecule has 6 rings (SSSR count). The van der Waals surface area contributed by atoms with Crippen molar-refractivity contribution in [1.82, 2.24) is 39.5 Å². The number of halogens is 3. The summed E-state index contributed by atoms with van der Waals surface area (Å²) in [7, 11) is 0. The molecule has 0 amide bonds. The van der Waals surface area contributed by atoms with Crippen molar-refractivity contribution in [1.29, 1.82) is 0 Å². The molecule has 0 atom stereocenters. The molecule has 2 N–H and O–H groups in total. The standard InChI is InChI=1S/C19H19F2N5O2.C18H18ClN5O2/c1-11-22-9-15(21)17(24-11)25-16-6-5-12(7-14(16)20)13-8-23-26(10-13)18(27)28-19(2,3)4;1-18(2,3)26-17(25)24-11-13(10-21-24)12-4-6-14(7-5-12)22-15-8-9-20-16(19)23-15/h5-10H,1-4H3,(H,22,24,25);4-11H,1-3H3,(H,20,22,23). The van der Waals surface area contributed by atoms with E-state index in [0.29, 0.717) is 22.8 Å². The van der Waals surface area contributed by atoms with Gasteiger partial charge in [-0.15, -0.1) is 0 Å². The minimum absolute atomic E-state index is 0.0558. The maximum atomic E-state index is 14.5. The molecule has 0 spiro atoms. The van der Waals surface area contributed by atoms with Gasteiger partial charge in [0.1, 0.15) is 28.7 Å². The van der Waals surface area contributed by atoms with Crippen LogP contribution < -0.4 is 10.6 Å². The Balaban J connectivity index is 0.000000208.